The average Bonchev–Trinajstić information content (AvgIpc) is 2.95. The van der Waals surface area contributed by atoms with Crippen molar-refractivity contribution in [2.75, 3.05) is 6.61 Å². The van der Waals surface area contributed by atoms with Gasteiger partial charge in [-0.2, -0.15) is 12.6 Å². The number of nitrogens with one attached hydrogen (secondary N) is 3. The third-order valence-electron chi connectivity index (χ3n) is 3.66. The topological polar surface area (TPSA) is 117 Å². The van der Waals surface area contributed by atoms with Gasteiger partial charge in [0.15, 0.2) is 0 Å². The molecule has 0 spiro atoms. The number of aliphatic hydroxyl groups excluding tert-OH is 1. The lowest BCUT2D eigenvalue weighted by Crippen LogP contribution is -2.43. The fourth-order valence-corrected chi connectivity index (χ4v) is 2.81. The number of hydroxylamine groups is 1. The quantitative estimate of drug-likeness (QED) is 0.149. The number of carbonyl (C=O) groups excluding carboxylic acids is 3. The van der Waals surface area contributed by atoms with Crippen molar-refractivity contribution in [3.8, 4) is 0 Å². The van der Waals surface area contributed by atoms with Crippen LogP contribution in [0, 0.1) is 0 Å². The number of urea groups is 1. The number of carbonyl (C=O) groups is 3. The van der Waals surface area contributed by atoms with Gasteiger partial charge in [-0.1, -0.05) is 13.0 Å². The molecule has 1 rings (SSSR count). The van der Waals surface area contributed by atoms with E-state index in [0.717, 1.165) is 12.7 Å². The van der Waals surface area contributed by atoms with Crippen LogP contribution in [0.25, 0.3) is 0 Å². The zero-order chi connectivity index (χ0) is 17.9. The third-order valence-corrected chi connectivity index (χ3v) is 4.24. The molecule has 0 bridgehead atoms. The molecule has 136 valence electrons. The van der Waals surface area contributed by atoms with Crippen LogP contribution in [0.4, 0.5) is 4.79 Å². The van der Waals surface area contributed by atoms with Gasteiger partial charge in [0.25, 0.3) is 0 Å². The van der Waals surface area contributed by atoms with Crippen LogP contribution in [0.2, 0.25) is 0 Å². The number of thiol groups is 1. The van der Waals surface area contributed by atoms with Gasteiger partial charge >= 0.3 is 12.0 Å². The number of hydrogen-bond donors (Lipinski definition) is 5. The maximum atomic E-state index is 11.5. The summed E-state index contributed by atoms with van der Waals surface area (Å²) in [5.41, 5.74) is 2.91. The lowest BCUT2D eigenvalue weighted by atomic mass is 10.0. The van der Waals surface area contributed by atoms with Crippen molar-refractivity contribution in [3.63, 3.8) is 0 Å². The minimum absolute atomic E-state index is 0.113. The number of aldehydes is 1. The van der Waals surface area contributed by atoms with Crippen LogP contribution in [-0.2, 0) is 14.4 Å². The van der Waals surface area contributed by atoms with Crippen molar-refractivity contribution >= 4 is 30.9 Å². The van der Waals surface area contributed by atoms with Crippen LogP contribution in [0.5, 0.6) is 0 Å². The fourth-order valence-electron chi connectivity index (χ4n) is 2.34. The van der Waals surface area contributed by atoms with Crippen LogP contribution < -0.4 is 16.1 Å². The van der Waals surface area contributed by atoms with Gasteiger partial charge < -0.3 is 25.4 Å². The Morgan fingerprint density at radius 2 is 2.17 bits per heavy atom. The predicted molar refractivity (Wildman–Crippen MR) is 91.2 cm³/mol. The largest absolute Gasteiger partial charge is 0.394 e. The van der Waals surface area contributed by atoms with Crippen molar-refractivity contribution in [1.82, 2.24) is 16.1 Å². The lowest BCUT2D eigenvalue weighted by molar-refractivity contribution is -0.149. The molecular formula is C15H25N3O5S. The molecule has 2 amide bonds. The van der Waals surface area contributed by atoms with E-state index < -0.39 is 5.97 Å². The van der Waals surface area contributed by atoms with Crippen molar-refractivity contribution in [3.05, 3.63) is 12.3 Å². The minimum Gasteiger partial charge on any atom is -0.394 e. The van der Waals surface area contributed by atoms with Crippen LogP contribution in [0.15, 0.2) is 12.3 Å². The molecule has 0 aromatic heterocycles. The molecule has 0 radical (unpaired) electrons. The number of rotatable bonds is 12. The van der Waals surface area contributed by atoms with Crippen LogP contribution in [0.1, 0.15) is 38.5 Å². The second kappa shape index (κ2) is 10.9. The summed E-state index contributed by atoms with van der Waals surface area (Å²) < 4.78 is 0. The van der Waals surface area contributed by atoms with E-state index in [9.17, 15) is 19.5 Å². The van der Waals surface area contributed by atoms with E-state index in [1.807, 2.05) is 0 Å². The van der Waals surface area contributed by atoms with Gasteiger partial charge in [-0.3, -0.25) is 0 Å². The third kappa shape index (κ3) is 7.22. The summed E-state index contributed by atoms with van der Waals surface area (Å²) in [6.07, 6.45) is 3.81. The summed E-state index contributed by atoms with van der Waals surface area (Å²) in [6, 6.07) is -0.880. The number of amides is 2. The van der Waals surface area contributed by atoms with E-state index in [0.29, 0.717) is 31.4 Å². The highest BCUT2D eigenvalue weighted by Gasteiger charge is 2.34. The Balaban J connectivity index is 2.14. The molecule has 1 aliphatic rings. The van der Waals surface area contributed by atoms with E-state index in [2.05, 4.69) is 35.3 Å². The summed E-state index contributed by atoms with van der Waals surface area (Å²) in [4.78, 5) is 37.9. The van der Waals surface area contributed by atoms with Gasteiger partial charge in [0, 0.05) is 23.8 Å². The Kier molecular flexibility index (Phi) is 9.24. The number of hydrogen-bond acceptors (Lipinski definition) is 7. The maximum absolute atomic E-state index is 11.5. The molecule has 1 heterocycles. The Bertz CT molecular complexity index is 460. The Hall–Kier alpha value is -1.74. The molecule has 0 aromatic rings. The maximum Gasteiger partial charge on any atom is 0.332 e. The van der Waals surface area contributed by atoms with Crippen molar-refractivity contribution < 1.29 is 24.3 Å². The van der Waals surface area contributed by atoms with E-state index in [4.69, 9.17) is 4.84 Å². The number of aliphatic hydroxyl groups is 1. The fraction of sp³-hybridized carbons (Fsp3) is 0.667. The first-order valence-corrected chi connectivity index (χ1v) is 8.42. The highest BCUT2D eigenvalue weighted by molar-refractivity contribution is 7.81. The van der Waals surface area contributed by atoms with E-state index in [1.165, 1.54) is 0 Å². The summed E-state index contributed by atoms with van der Waals surface area (Å²) in [5, 5.41) is 14.5. The molecule has 3 unspecified atom stereocenters. The summed E-state index contributed by atoms with van der Waals surface area (Å²) in [6.45, 7) is 3.48. The molecule has 1 aliphatic heterocycles. The van der Waals surface area contributed by atoms with Gasteiger partial charge in [0.2, 0.25) is 0 Å². The summed E-state index contributed by atoms with van der Waals surface area (Å²) in [5.74, 6) is -0.401. The number of unbranched alkanes of at least 4 members (excludes halogenated alkanes) is 1. The van der Waals surface area contributed by atoms with E-state index in [1.54, 1.807) is 0 Å². The molecule has 0 aromatic carbocycles. The Labute approximate surface area is 146 Å². The first-order valence-electron chi connectivity index (χ1n) is 7.91. The predicted octanol–water partition coefficient (Wildman–Crippen LogP) is 0.428. The van der Waals surface area contributed by atoms with Crippen molar-refractivity contribution in [1.29, 1.82) is 0 Å². The Morgan fingerprint density at radius 1 is 1.42 bits per heavy atom. The number of allylic oxidation sites excluding steroid dienone is 1. The van der Waals surface area contributed by atoms with Crippen LogP contribution in [0.3, 0.4) is 0 Å². The second-order valence-corrected chi connectivity index (χ2v) is 6.29. The molecule has 1 fully saturated rings. The molecule has 1 saturated heterocycles. The molecule has 24 heavy (non-hydrogen) atoms. The molecule has 0 saturated carbocycles. The van der Waals surface area contributed by atoms with Crippen LogP contribution >= 0.6 is 12.6 Å². The van der Waals surface area contributed by atoms with E-state index >= 15 is 0 Å². The molecule has 4 N–H and O–H groups in total. The minimum atomic E-state index is -0.401. The second-order valence-electron chi connectivity index (χ2n) is 5.63. The van der Waals surface area contributed by atoms with Gasteiger partial charge in [0.05, 0.1) is 18.7 Å². The zero-order valence-corrected chi connectivity index (χ0v) is 14.4. The van der Waals surface area contributed by atoms with Gasteiger partial charge in [-0.15, -0.1) is 0 Å². The molecule has 3 atom stereocenters. The summed E-state index contributed by atoms with van der Waals surface area (Å²) in [7, 11) is 0. The standard InChI is InChI=1S/C15H25N3O5S/c1-10(5-4-8-19)18-23-13(21)7-3-2-6-12(24)14-11(9-20)16-15(22)17-14/h8,11-12,14,18,20,24H,1-7,9H2,(H2,16,17,22). The molecule has 0 aliphatic carbocycles. The van der Waals surface area contributed by atoms with E-state index in [-0.39, 0.29) is 36.4 Å². The van der Waals surface area contributed by atoms with Crippen molar-refractivity contribution in [2.45, 2.75) is 55.9 Å². The van der Waals surface area contributed by atoms with Gasteiger partial charge in [-0.05, 0) is 19.3 Å². The summed E-state index contributed by atoms with van der Waals surface area (Å²) >= 11 is 4.47. The highest BCUT2D eigenvalue weighted by Crippen LogP contribution is 2.18. The first-order chi connectivity index (χ1) is 11.5. The zero-order valence-electron chi connectivity index (χ0n) is 13.5. The average molecular weight is 359 g/mol. The monoisotopic (exact) mass is 359 g/mol. The van der Waals surface area contributed by atoms with Gasteiger partial charge in [0.1, 0.15) is 6.29 Å². The smallest absolute Gasteiger partial charge is 0.332 e. The van der Waals surface area contributed by atoms with Gasteiger partial charge in [-0.25, -0.2) is 15.1 Å². The lowest BCUT2D eigenvalue weighted by Gasteiger charge is -2.22. The molecule has 8 nitrogen and oxygen atoms in total. The SMILES string of the molecule is C=C(CCC=O)NOC(=O)CCCCC(S)C1NC(=O)NC1CO. The Morgan fingerprint density at radius 3 is 2.83 bits per heavy atom. The highest BCUT2D eigenvalue weighted by atomic mass is 32.1. The van der Waals surface area contributed by atoms with Crippen molar-refractivity contribution in [2.24, 2.45) is 0 Å². The van der Waals surface area contributed by atoms with Crippen LogP contribution in [-0.4, -0.2) is 47.3 Å². The molecule has 9 heteroatoms. The normalized spacial score (nSPS) is 20.7. The first kappa shape index (κ1) is 20.3. The molecular weight excluding hydrogens is 334 g/mol.